The lowest BCUT2D eigenvalue weighted by atomic mass is 9.77. The van der Waals surface area contributed by atoms with E-state index in [1.807, 2.05) is 0 Å². The second kappa shape index (κ2) is 10.8. The Bertz CT molecular complexity index is 2270. The number of fused-ring (bicyclic) bond motifs is 4. The van der Waals surface area contributed by atoms with Crippen LogP contribution in [0.25, 0.3) is 65.0 Å². The Kier molecular flexibility index (Phi) is 6.35. The quantitative estimate of drug-likeness (QED) is 0.198. The summed E-state index contributed by atoms with van der Waals surface area (Å²) in [5.74, 6) is 0. The van der Waals surface area contributed by atoms with E-state index in [1.165, 1.54) is 71.1 Å². The minimum atomic E-state index is 1.07. The Morgan fingerprint density at radius 2 is 1.18 bits per heavy atom. The third-order valence-corrected chi connectivity index (χ3v) is 10.6. The van der Waals surface area contributed by atoms with Crippen LogP contribution in [0.4, 0.5) is 0 Å². The smallest absolute Gasteiger partial charge is 0.124 e. The van der Waals surface area contributed by atoms with Gasteiger partial charge in [-0.25, -0.2) is 4.98 Å². The highest BCUT2D eigenvalue weighted by Crippen LogP contribution is 2.44. The molecule has 1 aromatic heterocycles. The topological polar surface area (TPSA) is 12.9 Å². The summed E-state index contributed by atoms with van der Waals surface area (Å²) in [6.45, 7) is 0. The van der Waals surface area contributed by atoms with Gasteiger partial charge >= 0.3 is 0 Å². The van der Waals surface area contributed by atoms with Crippen molar-refractivity contribution in [1.82, 2.24) is 4.98 Å². The summed E-state index contributed by atoms with van der Waals surface area (Å²) in [6.07, 6.45) is 6.83. The number of aryl methyl sites for hydroxylation is 1. The molecule has 6 aromatic carbocycles. The first-order chi connectivity index (χ1) is 22.3. The van der Waals surface area contributed by atoms with Gasteiger partial charge in [0.1, 0.15) is 5.01 Å². The van der Waals surface area contributed by atoms with Gasteiger partial charge in [0.05, 0.1) is 10.2 Å². The number of aromatic nitrogens is 1. The van der Waals surface area contributed by atoms with Crippen molar-refractivity contribution in [1.29, 1.82) is 0 Å². The van der Waals surface area contributed by atoms with Crippen molar-refractivity contribution in [2.45, 2.75) is 25.7 Å². The molecular formula is C43H31NS. The number of nitrogens with zero attached hydrogens (tertiary/aromatic N) is 1. The fourth-order valence-electron chi connectivity index (χ4n) is 7.24. The Morgan fingerprint density at radius 1 is 0.489 bits per heavy atom. The molecule has 1 nitrogen and oxygen atoms in total. The molecule has 0 radical (unpaired) electrons. The maximum absolute atomic E-state index is 4.86. The van der Waals surface area contributed by atoms with Crippen molar-refractivity contribution >= 4 is 43.5 Å². The van der Waals surface area contributed by atoms with E-state index in [0.29, 0.717) is 0 Å². The van der Waals surface area contributed by atoms with Crippen molar-refractivity contribution in [3.05, 3.63) is 162 Å². The van der Waals surface area contributed by atoms with Crippen LogP contribution in [0.2, 0.25) is 0 Å². The van der Waals surface area contributed by atoms with Crippen LogP contribution in [0, 0.1) is 0 Å². The van der Waals surface area contributed by atoms with Gasteiger partial charge in [-0.05, 0) is 116 Å². The molecule has 0 saturated heterocycles. The minimum Gasteiger partial charge on any atom is -0.236 e. The van der Waals surface area contributed by atoms with E-state index >= 15 is 0 Å². The van der Waals surface area contributed by atoms with Crippen LogP contribution in [0.3, 0.4) is 0 Å². The molecule has 0 bridgehead atoms. The van der Waals surface area contributed by atoms with Gasteiger partial charge < -0.3 is 0 Å². The van der Waals surface area contributed by atoms with Crippen LogP contribution < -0.4 is 0 Å². The Balaban J connectivity index is 1.04. The molecule has 2 heteroatoms. The number of rotatable bonds is 4. The molecule has 0 amide bonds. The van der Waals surface area contributed by atoms with Crippen LogP contribution in [0.15, 0.2) is 145 Å². The number of hydrogen-bond acceptors (Lipinski definition) is 2. The molecule has 45 heavy (non-hydrogen) atoms. The maximum Gasteiger partial charge on any atom is 0.124 e. The molecule has 2 aliphatic rings. The molecule has 0 saturated carbocycles. The van der Waals surface area contributed by atoms with Crippen molar-refractivity contribution in [2.24, 2.45) is 0 Å². The summed E-state index contributed by atoms with van der Waals surface area (Å²) < 4.78 is 1.24. The van der Waals surface area contributed by atoms with Gasteiger partial charge in [-0.15, -0.1) is 11.3 Å². The van der Waals surface area contributed by atoms with E-state index in [2.05, 4.69) is 140 Å². The molecule has 0 aliphatic heterocycles. The second-order valence-corrected chi connectivity index (χ2v) is 13.3. The van der Waals surface area contributed by atoms with Gasteiger partial charge in [0.25, 0.3) is 0 Å². The van der Waals surface area contributed by atoms with Crippen molar-refractivity contribution in [3.63, 3.8) is 0 Å². The Morgan fingerprint density at radius 3 is 1.98 bits per heavy atom. The molecule has 1 heterocycles. The number of allylic oxidation sites excluding steroid dienone is 4. The highest BCUT2D eigenvalue weighted by molar-refractivity contribution is 7.21. The lowest BCUT2D eigenvalue weighted by Crippen LogP contribution is -2.08. The molecular weight excluding hydrogens is 563 g/mol. The fraction of sp³-hybridized carbons (Fsp3) is 0.0930. The number of thiazole rings is 1. The first-order valence-corrected chi connectivity index (χ1v) is 16.7. The lowest BCUT2D eigenvalue weighted by molar-refractivity contribution is 0.903. The predicted molar refractivity (Wildman–Crippen MR) is 192 cm³/mol. The van der Waals surface area contributed by atoms with Crippen LogP contribution >= 0.6 is 11.3 Å². The Hall–Kier alpha value is -5.05. The molecule has 0 fully saturated rings. The summed E-state index contributed by atoms with van der Waals surface area (Å²) in [5.41, 5.74) is 16.2. The van der Waals surface area contributed by atoms with E-state index < -0.39 is 0 Å². The largest absolute Gasteiger partial charge is 0.236 e. The molecule has 7 aromatic rings. The van der Waals surface area contributed by atoms with Crippen molar-refractivity contribution in [2.75, 3.05) is 0 Å². The van der Waals surface area contributed by atoms with Crippen molar-refractivity contribution < 1.29 is 0 Å². The predicted octanol–water partition coefficient (Wildman–Crippen LogP) is 12.0. The molecule has 0 unspecified atom stereocenters. The summed E-state index contributed by atoms with van der Waals surface area (Å²) >= 11 is 1.77. The van der Waals surface area contributed by atoms with Gasteiger partial charge in [0, 0.05) is 5.56 Å². The highest BCUT2D eigenvalue weighted by Gasteiger charge is 2.23. The molecule has 2 aliphatic carbocycles. The second-order valence-electron chi connectivity index (χ2n) is 12.2. The Labute approximate surface area is 267 Å². The number of para-hydroxylation sites is 1. The third kappa shape index (κ3) is 4.74. The van der Waals surface area contributed by atoms with Crippen LogP contribution in [0.5, 0.6) is 0 Å². The standard InChI is InChI=1S/C43H31NS/c1-2-8-29(9-3-1)39-26-31-10-4-5-11-32(31)27-40(39)36-21-23-38-35(25-36)19-18-34-24-33(20-22-37(34)38)28-14-16-30(17-15-28)43-44-41-12-6-7-13-42(41)45-43/h1-17,21,23-27H,18-20,22H2. The van der Waals surface area contributed by atoms with Crippen LogP contribution in [-0.4, -0.2) is 4.98 Å². The van der Waals surface area contributed by atoms with Gasteiger partial charge in [0.15, 0.2) is 0 Å². The third-order valence-electron chi connectivity index (χ3n) is 9.55. The zero-order valence-electron chi connectivity index (χ0n) is 25.0. The summed E-state index contributed by atoms with van der Waals surface area (Å²) in [7, 11) is 0. The monoisotopic (exact) mass is 593 g/mol. The van der Waals surface area contributed by atoms with E-state index in [0.717, 1.165) is 36.2 Å². The fourth-order valence-corrected chi connectivity index (χ4v) is 8.21. The van der Waals surface area contributed by atoms with Gasteiger partial charge in [-0.2, -0.15) is 0 Å². The van der Waals surface area contributed by atoms with E-state index in [1.54, 1.807) is 16.9 Å². The lowest BCUT2D eigenvalue weighted by Gasteiger charge is -2.27. The zero-order valence-corrected chi connectivity index (χ0v) is 25.8. The van der Waals surface area contributed by atoms with Gasteiger partial charge in [-0.1, -0.05) is 115 Å². The highest BCUT2D eigenvalue weighted by atomic mass is 32.1. The van der Waals surface area contributed by atoms with E-state index in [4.69, 9.17) is 4.98 Å². The summed E-state index contributed by atoms with van der Waals surface area (Å²) in [4.78, 5) is 4.86. The first-order valence-electron chi connectivity index (χ1n) is 15.9. The number of hydrogen-bond donors (Lipinski definition) is 0. The van der Waals surface area contributed by atoms with Gasteiger partial charge in [-0.3, -0.25) is 0 Å². The molecule has 0 atom stereocenters. The molecule has 0 spiro atoms. The normalized spacial score (nSPS) is 14.4. The molecule has 0 N–H and O–H groups in total. The molecule has 214 valence electrons. The molecule has 9 rings (SSSR count). The van der Waals surface area contributed by atoms with E-state index in [9.17, 15) is 0 Å². The van der Waals surface area contributed by atoms with Crippen LogP contribution in [-0.2, 0) is 6.42 Å². The summed E-state index contributed by atoms with van der Waals surface area (Å²) in [6, 6.07) is 48.9. The van der Waals surface area contributed by atoms with Gasteiger partial charge in [0.2, 0.25) is 0 Å². The van der Waals surface area contributed by atoms with E-state index in [-0.39, 0.29) is 0 Å². The van der Waals surface area contributed by atoms with Crippen LogP contribution in [0.1, 0.15) is 36.0 Å². The average molecular weight is 594 g/mol. The first kappa shape index (κ1) is 26.4. The number of benzene rings is 6. The maximum atomic E-state index is 4.86. The zero-order chi connectivity index (χ0) is 29.7. The summed E-state index contributed by atoms with van der Waals surface area (Å²) in [5, 5.41) is 3.66. The van der Waals surface area contributed by atoms with Crippen molar-refractivity contribution in [3.8, 4) is 32.8 Å². The minimum absolute atomic E-state index is 1.07. The average Bonchev–Trinajstić information content (AvgIpc) is 3.55. The SMILES string of the molecule is C1=C(c2ccc(-c3nc4ccccc4s3)cc2)CCC2=C1CCc1cc(-c3cc4ccccc4cc3-c3ccccc3)ccc12.